The van der Waals surface area contributed by atoms with Gasteiger partial charge in [-0.2, -0.15) is 0 Å². The van der Waals surface area contributed by atoms with E-state index in [4.69, 9.17) is 9.84 Å². The molecule has 0 saturated heterocycles. The Hall–Kier alpha value is -1.17. The molecule has 0 radical (unpaired) electrons. The Labute approximate surface area is 102 Å². The molecular formula is C12H20N2O3. The van der Waals surface area contributed by atoms with Gasteiger partial charge in [-0.15, -0.1) is 0 Å². The van der Waals surface area contributed by atoms with Crippen molar-refractivity contribution in [2.75, 3.05) is 38.3 Å². The van der Waals surface area contributed by atoms with Gasteiger partial charge in [-0.25, -0.2) is 0 Å². The van der Waals surface area contributed by atoms with Crippen molar-refractivity contribution in [2.45, 2.75) is 13.0 Å². The predicted molar refractivity (Wildman–Crippen MR) is 66.0 cm³/mol. The third kappa shape index (κ3) is 4.30. The van der Waals surface area contributed by atoms with Crippen molar-refractivity contribution in [1.82, 2.24) is 4.98 Å². The molecule has 1 heterocycles. The normalized spacial score (nSPS) is 12.5. The largest absolute Gasteiger partial charge is 0.395 e. The van der Waals surface area contributed by atoms with E-state index < -0.39 is 6.10 Å². The summed E-state index contributed by atoms with van der Waals surface area (Å²) in [4.78, 5) is 6.16. The fraction of sp³-hybridized carbons (Fsp3) is 0.583. The number of anilines is 1. The monoisotopic (exact) mass is 240 g/mol. The maximum Gasteiger partial charge on any atom is 0.0931 e. The van der Waals surface area contributed by atoms with E-state index in [0.29, 0.717) is 25.4 Å². The molecule has 0 fully saturated rings. The van der Waals surface area contributed by atoms with Crippen molar-refractivity contribution in [3.05, 3.63) is 24.0 Å². The quantitative estimate of drug-likeness (QED) is 0.730. The number of aliphatic hydroxyl groups is 2. The van der Waals surface area contributed by atoms with Gasteiger partial charge in [0.15, 0.2) is 0 Å². The summed E-state index contributed by atoms with van der Waals surface area (Å²) in [5.41, 5.74) is 1.56. The summed E-state index contributed by atoms with van der Waals surface area (Å²) in [5.74, 6) is 0. The van der Waals surface area contributed by atoms with Crippen molar-refractivity contribution in [3.8, 4) is 0 Å². The lowest BCUT2D eigenvalue weighted by Crippen LogP contribution is -2.30. The highest BCUT2D eigenvalue weighted by atomic mass is 16.5. The van der Waals surface area contributed by atoms with Gasteiger partial charge in [0.05, 0.1) is 36.9 Å². The molecule has 2 N–H and O–H groups in total. The SMILES string of the molecule is COCCN(CCO)c1ccc([C@@H](C)O)nc1. The van der Waals surface area contributed by atoms with Crippen LogP contribution in [0.2, 0.25) is 0 Å². The Morgan fingerprint density at radius 2 is 2.18 bits per heavy atom. The van der Waals surface area contributed by atoms with Gasteiger partial charge in [0.2, 0.25) is 0 Å². The van der Waals surface area contributed by atoms with Crippen LogP contribution >= 0.6 is 0 Å². The summed E-state index contributed by atoms with van der Waals surface area (Å²) < 4.78 is 5.02. The van der Waals surface area contributed by atoms with Crippen molar-refractivity contribution in [3.63, 3.8) is 0 Å². The van der Waals surface area contributed by atoms with Gasteiger partial charge in [0, 0.05) is 20.2 Å². The Morgan fingerprint density at radius 3 is 2.65 bits per heavy atom. The first-order valence-corrected chi connectivity index (χ1v) is 5.67. The predicted octanol–water partition coefficient (Wildman–Crippen LogP) is 0.580. The Kier molecular flexibility index (Phi) is 5.90. The first-order chi connectivity index (χ1) is 8.19. The minimum atomic E-state index is -0.561. The molecule has 0 unspecified atom stereocenters. The zero-order valence-corrected chi connectivity index (χ0v) is 10.3. The highest BCUT2D eigenvalue weighted by Crippen LogP contribution is 2.15. The number of aliphatic hydroxyl groups excluding tert-OH is 2. The number of rotatable bonds is 7. The van der Waals surface area contributed by atoms with Crippen LogP contribution in [-0.4, -0.2) is 48.6 Å². The molecule has 96 valence electrons. The third-order valence-electron chi connectivity index (χ3n) is 2.50. The summed E-state index contributed by atoms with van der Waals surface area (Å²) >= 11 is 0. The molecule has 5 heteroatoms. The van der Waals surface area contributed by atoms with Gasteiger partial charge in [-0.1, -0.05) is 0 Å². The van der Waals surface area contributed by atoms with Gasteiger partial charge < -0.3 is 19.8 Å². The lowest BCUT2D eigenvalue weighted by molar-refractivity contribution is 0.194. The van der Waals surface area contributed by atoms with Crippen LogP contribution in [0.15, 0.2) is 18.3 Å². The third-order valence-corrected chi connectivity index (χ3v) is 2.50. The Balaban J connectivity index is 2.72. The number of pyridine rings is 1. The zero-order valence-electron chi connectivity index (χ0n) is 10.3. The molecule has 0 amide bonds. The van der Waals surface area contributed by atoms with Crippen molar-refractivity contribution >= 4 is 5.69 Å². The molecule has 0 aliphatic carbocycles. The van der Waals surface area contributed by atoms with E-state index in [2.05, 4.69) is 4.98 Å². The molecular weight excluding hydrogens is 220 g/mol. The molecule has 1 atom stereocenters. The number of ether oxygens (including phenoxy) is 1. The highest BCUT2D eigenvalue weighted by Gasteiger charge is 2.07. The van der Waals surface area contributed by atoms with Crippen molar-refractivity contribution in [1.29, 1.82) is 0 Å². The molecule has 0 aliphatic rings. The summed E-state index contributed by atoms with van der Waals surface area (Å²) in [6.07, 6.45) is 1.14. The second-order valence-electron chi connectivity index (χ2n) is 3.82. The summed E-state index contributed by atoms with van der Waals surface area (Å²) in [6.45, 7) is 3.60. The van der Waals surface area contributed by atoms with E-state index in [9.17, 15) is 5.11 Å². The molecule has 1 rings (SSSR count). The van der Waals surface area contributed by atoms with Crippen LogP contribution in [0, 0.1) is 0 Å². The van der Waals surface area contributed by atoms with E-state index >= 15 is 0 Å². The van der Waals surface area contributed by atoms with Gasteiger partial charge in [-0.05, 0) is 19.1 Å². The van der Waals surface area contributed by atoms with Crippen LogP contribution in [0.5, 0.6) is 0 Å². The van der Waals surface area contributed by atoms with E-state index in [-0.39, 0.29) is 6.61 Å². The highest BCUT2D eigenvalue weighted by molar-refractivity contribution is 5.44. The summed E-state index contributed by atoms with van der Waals surface area (Å²) in [5, 5.41) is 18.4. The number of hydrogen-bond acceptors (Lipinski definition) is 5. The van der Waals surface area contributed by atoms with Gasteiger partial charge in [-0.3, -0.25) is 4.98 Å². The Bertz CT molecular complexity index is 314. The van der Waals surface area contributed by atoms with E-state index in [1.165, 1.54) is 0 Å². The summed E-state index contributed by atoms with van der Waals surface area (Å²) in [6, 6.07) is 3.68. The molecule has 1 aromatic rings. The van der Waals surface area contributed by atoms with Gasteiger partial charge in [0.1, 0.15) is 0 Å². The minimum absolute atomic E-state index is 0.0852. The van der Waals surface area contributed by atoms with Crippen LogP contribution in [0.1, 0.15) is 18.7 Å². The van der Waals surface area contributed by atoms with Crippen LogP contribution in [0.25, 0.3) is 0 Å². The van der Waals surface area contributed by atoms with Gasteiger partial charge >= 0.3 is 0 Å². The number of aromatic nitrogens is 1. The molecule has 0 aromatic carbocycles. The van der Waals surface area contributed by atoms with Crippen LogP contribution in [0.4, 0.5) is 5.69 Å². The van der Waals surface area contributed by atoms with Crippen LogP contribution in [-0.2, 0) is 4.74 Å². The molecule has 1 aromatic heterocycles. The second-order valence-corrected chi connectivity index (χ2v) is 3.82. The Morgan fingerprint density at radius 1 is 1.41 bits per heavy atom. The standard InChI is InChI=1S/C12H20N2O3/c1-10(16)12-4-3-11(9-13-12)14(5-7-15)6-8-17-2/h3-4,9-10,15-16H,5-8H2,1-2H3/t10-/m1/s1. The maximum atomic E-state index is 9.36. The average molecular weight is 240 g/mol. The molecule has 0 bridgehead atoms. The maximum absolute atomic E-state index is 9.36. The lowest BCUT2D eigenvalue weighted by Gasteiger charge is -2.23. The smallest absolute Gasteiger partial charge is 0.0931 e. The van der Waals surface area contributed by atoms with Crippen molar-refractivity contribution < 1.29 is 14.9 Å². The molecule has 5 nitrogen and oxygen atoms in total. The molecule has 0 spiro atoms. The van der Waals surface area contributed by atoms with Crippen LogP contribution in [0.3, 0.4) is 0 Å². The molecule has 17 heavy (non-hydrogen) atoms. The minimum Gasteiger partial charge on any atom is -0.395 e. The fourth-order valence-corrected chi connectivity index (χ4v) is 1.52. The summed E-state index contributed by atoms with van der Waals surface area (Å²) in [7, 11) is 1.64. The number of methoxy groups -OCH3 is 1. The van der Waals surface area contributed by atoms with Gasteiger partial charge in [0.25, 0.3) is 0 Å². The zero-order chi connectivity index (χ0) is 12.7. The molecule has 0 saturated carbocycles. The fourth-order valence-electron chi connectivity index (χ4n) is 1.52. The van der Waals surface area contributed by atoms with E-state index in [1.54, 1.807) is 26.3 Å². The van der Waals surface area contributed by atoms with E-state index in [0.717, 1.165) is 5.69 Å². The lowest BCUT2D eigenvalue weighted by atomic mass is 10.2. The topological polar surface area (TPSA) is 65.8 Å². The van der Waals surface area contributed by atoms with Crippen LogP contribution < -0.4 is 4.90 Å². The first-order valence-electron chi connectivity index (χ1n) is 5.67. The van der Waals surface area contributed by atoms with Crippen molar-refractivity contribution in [2.24, 2.45) is 0 Å². The number of nitrogens with zero attached hydrogens (tertiary/aromatic N) is 2. The first kappa shape index (κ1) is 13.9. The number of hydrogen-bond donors (Lipinski definition) is 2. The average Bonchev–Trinajstić information content (AvgIpc) is 2.34. The molecule has 0 aliphatic heterocycles. The second kappa shape index (κ2) is 7.21. The van der Waals surface area contributed by atoms with E-state index in [1.807, 2.05) is 11.0 Å².